The van der Waals surface area contributed by atoms with Gasteiger partial charge in [0.2, 0.25) is 5.91 Å². The van der Waals surface area contributed by atoms with E-state index in [0.29, 0.717) is 35.2 Å². The van der Waals surface area contributed by atoms with Crippen LogP contribution in [0.2, 0.25) is 0 Å². The van der Waals surface area contributed by atoms with Gasteiger partial charge in [-0.15, -0.1) is 0 Å². The Balaban J connectivity index is 1.17. The first-order valence-corrected chi connectivity index (χ1v) is 20.4. The molecule has 1 aromatic carbocycles. The number of hydrogen-bond donors (Lipinski definition) is 2. The van der Waals surface area contributed by atoms with Gasteiger partial charge in [0.05, 0.1) is 17.4 Å². The highest BCUT2D eigenvalue weighted by Crippen LogP contribution is 2.76. The monoisotopic (exact) mass is 711 g/mol. The lowest BCUT2D eigenvalue weighted by atomic mass is 9.33. The Morgan fingerprint density at radius 1 is 0.865 bits per heavy atom. The first kappa shape index (κ1) is 37.4. The van der Waals surface area contributed by atoms with E-state index in [-0.39, 0.29) is 45.5 Å². The Labute approximate surface area is 313 Å². The van der Waals surface area contributed by atoms with Crippen molar-refractivity contribution in [1.82, 2.24) is 5.32 Å². The number of hydrogen-bond acceptors (Lipinski definition) is 4. The molecule has 0 spiro atoms. The summed E-state index contributed by atoms with van der Waals surface area (Å²) >= 11 is 0. The van der Waals surface area contributed by atoms with E-state index in [0.717, 1.165) is 50.5 Å². The molecule has 6 heteroatoms. The van der Waals surface area contributed by atoms with Crippen molar-refractivity contribution < 1.29 is 24.2 Å². The number of ether oxygens (including phenoxy) is 1. The fourth-order valence-electron chi connectivity index (χ4n) is 13.9. The fraction of sp³-hybridized carbons (Fsp3) is 0.717. The van der Waals surface area contributed by atoms with Crippen molar-refractivity contribution in [3.63, 3.8) is 0 Å². The van der Waals surface area contributed by atoms with Gasteiger partial charge < -0.3 is 15.2 Å². The molecule has 7 rings (SSSR count). The van der Waals surface area contributed by atoms with Crippen LogP contribution in [0.5, 0.6) is 0 Å². The first-order valence-electron chi connectivity index (χ1n) is 20.4. The number of nitrogens with one attached hydrogen (secondary N) is 1. The van der Waals surface area contributed by atoms with Gasteiger partial charge in [0, 0.05) is 5.54 Å². The lowest BCUT2D eigenvalue weighted by molar-refractivity contribution is -0.219. The van der Waals surface area contributed by atoms with Crippen molar-refractivity contribution in [2.24, 2.45) is 56.7 Å². The van der Waals surface area contributed by atoms with E-state index in [1.807, 2.05) is 32.9 Å². The van der Waals surface area contributed by atoms with Gasteiger partial charge >= 0.3 is 11.9 Å². The topological polar surface area (TPSA) is 92.7 Å². The summed E-state index contributed by atoms with van der Waals surface area (Å²) in [6.07, 6.45) is 14.2. The molecule has 1 amide bonds. The number of benzene rings is 1. The summed E-state index contributed by atoms with van der Waals surface area (Å²) in [5, 5.41) is 13.3. The van der Waals surface area contributed by atoms with Crippen LogP contribution in [0.25, 0.3) is 5.57 Å². The van der Waals surface area contributed by atoms with Crippen molar-refractivity contribution in [2.45, 2.75) is 151 Å². The highest BCUT2D eigenvalue weighted by atomic mass is 16.6. The van der Waals surface area contributed by atoms with Crippen LogP contribution in [0.3, 0.4) is 0 Å². The number of rotatable bonds is 7. The zero-order valence-electron chi connectivity index (χ0n) is 33.5. The van der Waals surface area contributed by atoms with Crippen molar-refractivity contribution in [2.75, 3.05) is 0 Å². The molecule has 6 nitrogen and oxygen atoms in total. The van der Waals surface area contributed by atoms with Crippen LogP contribution in [0.15, 0.2) is 42.5 Å². The Kier molecular flexibility index (Phi) is 8.68. The minimum absolute atomic E-state index is 0.0304. The highest BCUT2D eigenvalue weighted by molar-refractivity contribution is 5.90. The molecule has 0 heterocycles. The number of fused-ring (bicyclic) bond motifs is 7. The fourth-order valence-corrected chi connectivity index (χ4v) is 13.9. The molecular weight excluding hydrogens is 647 g/mol. The third-order valence-electron chi connectivity index (χ3n) is 16.7. The van der Waals surface area contributed by atoms with E-state index in [2.05, 4.69) is 59.5 Å². The molecule has 0 radical (unpaired) electrons. The molecule has 284 valence electrons. The molecule has 2 N–H and O–H groups in total. The molecule has 0 aromatic heterocycles. The summed E-state index contributed by atoms with van der Waals surface area (Å²) in [4.78, 5) is 38.8. The third-order valence-corrected chi connectivity index (χ3v) is 16.7. The molecule has 0 saturated heterocycles. The second-order valence-electron chi connectivity index (χ2n) is 20.8. The van der Waals surface area contributed by atoms with E-state index in [9.17, 15) is 19.5 Å². The van der Waals surface area contributed by atoms with Crippen LogP contribution in [-0.4, -0.2) is 34.1 Å². The first-order chi connectivity index (χ1) is 24.1. The van der Waals surface area contributed by atoms with Gasteiger partial charge in [0.15, 0.2) is 0 Å². The van der Waals surface area contributed by atoms with E-state index < -0.39 is 17.0 Å². The number of aromatic carboxylic acids is 1. The van der Waals surface area contributed by atoms with Crippen LogP contribution in [0, 0.1) is 56.7 Å². The number of carbonyl (C=O) groups excluding carboxylic acids is 2. The smallest absolute Gasteiger partial charge is 0.335 e. The minimum atomic E-state index is -0.883. The maximum atomic E-state index is 14.3. The molecule has 1 aromatic rings. The molecule has 6 aliphatic carbocycles. The van der Waals surface area contributed by atoms with Gasteiger partial charge in [-0.05, 0) is 173 Å². The Hall–Kier alpha value is -2.89. The van der Waals surface area contributed by atoms with Crippen LogP contribution in [0.4, 0.5) is 0 Å². The molecule has 0 aliphatic heterocycles. The lowest BCUT2D eigenvalue weighted by Crippen LogP contribution is -2.68. The Morgan fingerprint density at radius 2 is 1.54 bits per heavy atom. The summed E-state index contributed by atoms with van der Waals surface area (Å²) in [6, 6.07) is 7.52. The maximum absolute atomic E-state index is 14.3. The van der Waals surface area contributed by atoms with E-state index >= 15 is 0 Å². The van der Waals surface area contributed by atoms with Crippen molar-refractivity contribution >= 4 is 23.4 Å². The van der Waals surface area contributed by atoms with E-state index in [4.69, 9.17) is 4.74 Å². The zero-order chi connectivity index (χ0) is 37.9. The summed E-state index contributed by atoms with van der Waals surface area (Å²) in [5.41, 5.74) is 3.13. The number of amides is 1. The molecular formula is C46H65NO5. The molecule has 5 saturated carbocycles. The van der Waals surface area contributed by atoms with Crippen LogP contribution in [0.1, 0.15) is 155 Å². The van der Waals surface area contributed by atoms with Gasteiger partial charge in [0.25, 0.3) is 0 Å². The van der Waals surface area contributed by atoms with Gasteiger partial charge in [-0.25, -0.2) is 4.79 Å². The van der Waals surface area contributed by atoms with Gasteiger partial charge in [-0.2, -0.15) is 0 Å². The SMILES string of the molecule is C=C(C)[C@@H]1CC[C@]2(NC(=O)C3(CC(=O)OC(C)(C)C)CC3)CC[C@]3(C)[C@H](CC[C@@H]4[C@@]5(C)CC=C(c6ccc(C(=O)O)cc6)C(C)(C)[C@@H]5CC[C@]43C)[C@@H]12. The standard InChI is InChI=1S/C46H65NO5/c1-28(2)31-17-22-46(47-39(51)45(24-25-45)27-36(48)52-40(3,4)5)26-23-43(9)33(37(31)46)15-16-35-42(8)20-18-32(29-11-13-30(14-12-29)38(49)50)41(6,7)34(42)19-21-44(35,43)10/h11-14,18,31,33-35,37H,1,15-17,19-27H2,2-10H3,(H,47,51)(H,49,50)/t31-,33+,34-,35+,37+,42-,43+,44+,46-/m0/s1. The van der Waals surface area contributed by atoms with Gasteiger partial charge in [-0.1, -0.05) is 65.0 Å². The average molecular weight is 712 g/mol. The molecule has 0 bridgehead atoms. The molecule has 0 unspecified atom stereocenters. The quantitative estimate of drug-likeness (QED) is 0.217. The number of carbonyl (C=O) groups is 3. The number of carboxylic acids is 1. The number of esters is 1. The van der Waals surface area contributed by atoms with Crippen LogP contribution in [-0.2, 0) is 14.3 Å². The summed E-state index contributed by atoms with van der Waals surface area (Å²) in [6.45, 7) is 25.2. The predicted molar refractivity (Wildman–Crippen MR) is 206 cm³/mol. The summed E-state index contributed by atoms with van der Waals surface area (Å²) < 4.78 is 5.68. The second-order valence-corrected chi connectivity index (χ2v) is 20.8. The molecule has 6 aliphatic rings. The predicted octanol–water partition coefficient (Wildman–Crippen LogP) is 10.4. The normalized spacial score (nSPS) is 39.8. The lowest BCUT2D eigenvalue weighted by Gasteiger charge is -2.72. The zero-order valence-corrected chi connectivity index (χ0v) is 33.5. The summed E-state index contributed by atoms with van der Waals surface area (Å²) in [7, 11) is 0. The van der Waals surface area contributed by atoms with Crippen molar-refractivity contribution in [3.8, 4) is 0 Å². The molecule has 5 fully saturated rings. The van der Waals surface area contributed by atoms with Crippen molar-refractivity contribution in [3.05, 3.63) is 53.6 Å². The third kappa shape index (κ3) is 5.57. The minimum Gasteiger partial charge on any atom is -0.478 e. The number of allylic oxidation sites excluding steroid dienone is 3. The second kappa shape index (κ2) is 12.1. The Morgan fingerprint density at radius 3 is 2.13 bits per heavy atom. The van der Waals surface area contributed by atoms with Gasteiger partial charge in [-0.3, -0.25) is 9.59 Å². The molecule has 9 atom stereocenters. The average Bonchev–Trinajstić information content (AvgIpc) is 3.72. The van der Waals surface area contributed by atoms with Crippen LogP contribution >= 0.6 is 0 Å². The Bertz CT molecular complexity index is 1690. The van der Waals surface area contributed by atoms with Crippen LogP contribution < -0.4 is 5.32 Å². The largest absolute Gasteiger partial charge is 0.478 e. The molecule has 52 heavy (non-hydrogen) atoms. The highest BCUT2D eigenvalue weighted by Gasteiger charge is 2.71. The maximum Gasteiger partial charge on any atom is 0.335 e. The number of carboxylic acid groups (broad SMARTS) is 1. The summed E-state index contributed by atoms with van der Waals surface area (Å²) in [5.74, 6) is 1.31. The van der Waals surface area contributed by atoms with E-state index in [1.165, 1.54) is 36.8 Å². The van der Waals surface area contributed by atoms with Gasteiger partial charge in [0.1, 0.15) is 5.60 Å². The van der Waals surface area contributed by atoms with Crippen molar-refractivity contribution in [1.29, 1.82) is 0 Å². The van der Waals surface area contributed by atoms with E-state index in [1.54, 1.807) is 12.1 Å².